The molecule has 134 valence electrons. The van der Waals surface area contributed by atoms with Crippen LogP contribution in [-0.4, -0.2) is 47.8 Å². The van der Waals surface area contributed by atoms with Crippen molar-refractivity contribution in [3.8, 4) is 0 Å². The van der Waals surface area contributed by atoms with Crippen molar-refractivity contribution >= 4 is 23.9 Å². The molecule has 1 aliphatic heterocycles. The summed E-state index contributed by atoms with van der Waals surface area (Å²) in [6.07, 6.45) is -2.72. The van der Waals surface area contributed by atoms with Gasteiger partial charge in [0, 0.05) is 13.8 Å². The molecule has 0 spiro atoms. The van der Waals surface area contributed by atoms with E-state index in [1.165, 1.54) is 0 Å². The molecule has 9 heteroatoms. The lowest BCUT2D eigenvalue weighted by molar-refractivity contribution is -0.169. The van der Waals surface area contributed by atoms with E-state index in [4.69, 9.17) is 18.9 Å². The van der Waals surface area contributed by atoms with Gasteiger partial charge in [0.15, 0.2) is 11.9 Å². The first-order valence-corrected chi connectivity index (χ1v) is 7.10. The number of aliphatic hydroxyl groups is 1. The van der Waals surface area contributed by atoms with Crippen LogP contribution in [0.5, 0.6) is 0 Å². The Labute approximate surface area is 138 Å². The smallest absolute Gasteiger partial charge is 0.379 e. The van der Waals surface area contributed by atoms with Gasteiger partial charge in [-0.3, -0.25) is 14.4 Å². The minimum Gasteiger partial charge on any atom is -0.505 e. The molecule has 0 amide bonds. The molecule has 1 rings (SSSR count). The molecular weight excluding hydrogens is 324 g/mol. The van der Waals surface area contributed by atoms with Gasteiger partial charge in [0.25, 0.3) is 5.76 Å². The quantitative estimate of drug-likeness (QED) is 0.568. The fourth-order valence-electron chi connectivity index (χ4n) is 1.65. The maximum Gasteiger partial charge on any atom is 0.379 e. The van der Waals surface area contributed by atoms with Crippen molar-refractivity contribution in [2.45, 2.75) is 46.8 Å². The van der Waals surface area contributed by atoms with Gasteiger partial charge < -0.3 is 24.1 Å². The van der Waals surface area contributed by atoms with E-state index in [0.29, 0.717) is 0 Å². The Hall–Kier alpha value is -2.58. The van der Waals surface area contributed by atoms with E-state index < -0.39 is 59.6 Å². The molecule has 9 nitrogen and oxygen atoms in total. The third-order valence-corrected chi connectivity index (χ3v) is 2.83. The molecule has 0 aliphatic carbocycles. The zero-order chi connectivity index (χ0) is 18.7. The van der Waals surface area contributed by atoms with Crippen LogP contribution in [0.4, 0.5) is 0 Å². The molecule has 0 radical (unpaired) electrons. The number of carbonyl (C=O) groups is 4. The van der Waals surface area contributed by atoms with Crippen LogP contribution in [0.15, 0.2) is 11.5 Å². The van der Waals surface area contributed by atoms with Gasteiger partial charge >= 0.3 is 23.9 Å². The summed E-state index contributed by atoms with van der Waals surface area (Å²) in [7, 11) is 0. The van der Waals surface area contributed by atoms with Gasteiger partial charge in [0.05, 0.1) is 5.41 Å². The molecule has 0 aromatic carbocycles. The third kappa shape index (κ3) is 4.97. The number of ether oxygens (including phenoxy) is 4. The van der Waals surface area contributed by atoms with E-state index in [1.54, 1.807) is 20.8 Å². The summed E-state index contributed by atoms with van der Waals surface area (Å²) >= 11 is 0. The Morgan fingerprint density at radius 2 is 1.79 bits per heavy atom. The van der Waals surface area contributed by atoms with Crippen LogP contribution in [0.25, 0.3) is 0 Å². The largest absolute Gasteiger partial charge is 0.505 e. The number of esters is 4. The second kappa shape index (κ2) is 7.33. The molecule has 1 aliphatic rings. The molecule has 1 heterocycles. The van der Waals surface area contributed by atoms with Crippen LogP contribution in [0.3, 0.4) is 0 Å². The molecule has 0 aromatic heterocycles. The SMILES string of the molecule is CC(=O)OC[C@H](OC(C)=O)[C@H]1OC(=O)C(OC(=O)C(C)(C)C)=C1O. The highest BCUT2D eigenvalue weighted by atomic mass is 16.6. The highest BCUT2D eigenvalue weighted by molar-refractivity contribution is 5.93. The summed E-state index contributed by atoms with van der Waals surface area (Å²) in [5, 5.41) is 10.1. The molecule has 0 unspecified atom stereocenters. The van der Waals surface area contributed by atoms with Gasteiger partial charge in [-0.25, -0.2) is 4.79 Å². The lowest BCUT2D eigenvalue weighted by Crippen LogP contribution is -2.37. The van der Waals surface area contributed by atoms with Gasteiger partial charge in [-0.15, -0.1) is 0 Å². The van der Waals surface area contributed by atoms with E-state index in [0.717, 1.165) is 13.8 Å². The number of hydrogen-bond acceptors (Lipinski definition) is 9. The van der Waals surface area contributed by atoms with Crippen molar-refractivity contribution in [1.29, 1.82) is 0 Å². The Morgan fingerprint density at radius 1 is 1.21 bits per heavy atom. The summed E-state index contributed by atoms with van der Waals surface area (Å²) in [5.74, 6) is -4.63. The van der Waals surface area contributed by atoms with Crippen LogP contribution >= 0.6 is 0 Å². The molecule has 24 heavy (non-hydrogen) atoms. The third-order valence-electron chi connectivity index (χ3n) is 2.83. The predicted octanol–water partition coefficient (Wildman–Crippen LogP) is 0.765. The van der Waals surface area contributed by atoms with Crippen molar-refractivity contribution in [2.24, 2.45) is 5.41 Å². The average Bonchev–Trinajstić information content (AvgIpc) is 2.69. The number of cyclic esters (lactones) is 1. The first kappa shape index (κ1) is 19.5. The number of rotatable bonds is 5. The van der Waals surface area contributed by atoms with Gasteiger partial charge in [0.2, 0.25) is 6.10 Å². The summed E-state index contributed by atoms with van der Waals surface area (Å²) in [5.41, 5.74) is -0.918. The zero-order valence-corrected chi connectivity index (χ0v) is 14.1. The fraction of sp³-hybridized carbons (Fsp3) is 0.600. The normalized spacial score (nSPS) is 18.7. The topological polar surface area (TPSA) is 125 Å². The Morgan fingerprint density at radius 3 is 2.25 bits per heavy atom. The van der Waals surface area contributed by atoms with Crippen molar-refractivity contribution in [3.05, 3.63) is 11.5 Å². The zero-order valence-electron chi connectivity index (χ0n) is 14.1. The lowest BCUT2D eigenvalue weighted by Gasteiger charge is -2.21. The van der Waals surface area contributed by atoms with Crippen molar-refractivity contribution < 1.29 is 43.2 Å². The van der Waals surface area contributed by atoms with E-state index in [1.807, 2.05) is 0 Å². The summed E-state index contributed by atoms with van der Waals surface area (Å²) in [6, 6.07) is 0. The summed E-state index contributed by atoms with van der Waals surface area (Å²) in [4.78, 5) is 45.7. The first-order valence-electron chi connectivity index (χ1n) is 7.10. The number of carbonyl (C=O) groups excluding carboxylic acids is 4. The summed E-state index contributed by atoms with van der Waals surface area (Å²) < 4.78 is 19.4. The molecule has 0 fully saturated rings. The van der Waals surface area contributed by atoms with E-state index in [2.05, 4.69) is 0 Å². The van der Waals surface area contributed by atoms with Gasteiger partial charge in [-0.1, -0.05) is 0 Å². The van der Waals surface area contributed by atoms with E-state index >= 15 is 0 Å². The van der Waals surface area contributed by atoms with Crippen LogP contribution in [0, 0.1) is 5.41 Å². The number of hydrogen-bond donors (Lipinski definition) is 1. The molecular formula is C15H20O9. The minimum absolute atomic E-state index is 0.447. The summed E-state index contributed by atoms with van der Waals surface area (Å²) in [6.45, 7) is 6.47. The average molecular weight is 344 g/mol. The van der Waals surface area contributed by atoms with Gasteiger partial charge in [-0.05, 0) is 20.8 Å². The van der Waals surface area contributed by atoms with Crippen LogP contribution in [-0.2, 0) is 38.1 Å². The van der Waals surface area contributed by atoms with Crippen molar-refractivity contribution in [1.82, 2.24) is 0 Å². The highest BCUT2D eigenvalue weighted by Crippen LogP contribution is 2.28. The molecule has 0 saturated heterocycles. The predicted molar refractivity (Wildman–Crippen MR) is 77.3 cm³/mol. The molecule has 0 bridgehead atoms. The number of aliphatic hydroxyl groups excluding tert-OH is 1. The van der Waals surface area contributed by atoms with Crippen LogP contribution in [0.1, 0.15) is 34.6 Å². The molecule has 1 N–H and O–H groups in total. The second-order valence-corrected chi connectivity index (χ2v) is 6.13. The van der Waals surface area contributed by atoms with Crippen LogP contribution in [0.2, 0.25) is 0 Å². The second-order valence-electron chi connectivity index (χ2n) is 6.13. The standard InChI is InChI=1S/C15H20O9/c1-7(16)21-6-9(22-8(2)17)11-10(18)12(13(19)23-11)24-14(20)15(3,4)5/h9,11,18H,6H2,1-5H3/t9-,11+/m0/s1. The monoisotopic (exact) mass is 344 g/mol. The maximum absolute atomic E-state index is 11.9. The molecule has 0 aromatic rings. The van der Waals surface area contributed by atoms with Crippen molar-refractivity contribution in [3.63, 3.8) is 0 Å². The molecule has 2 atom stereocenters. The Bertz CT molecular complexity index is 582. The Balaban J connectivity index is 3.00. The lowest BCUT2D eigenvalue weighted by atomic mass is 9.97. The minimum atomic E-state index is -1.44. The van der Waals surface area contributed by atoms with E-state index in [9.17, 15) is 24.3 Å². The molecule has 0 saturated carbocycles. The van der Waals surface area contributed by atoms with Gasteiger partial charge in [-0.2, -0.15) is 0 Å². The van der Waals surface area contributed by atoms with Gasteiger partial charge in [0.1, 0.15) is 6.61 Å². The maximum atomic E-state index is 11.9. The van der Waals surface area contributed by atoms with E-state index in [-0.39, 0.29) is 0 Å². The van der Waals surface area contributed by atoms with Crippen LogP contribution < -0.4 is 0 Å². The first-order chi connectivity index (χ1) is 10.9. The fourth-order valence-corrected chi connectivity index (χ4v) is 1.65. The highest BCUT2D eigenvalue weighted by Gasteiger charge is 2.44. The Kier molecular flexibility index (Phi) is 5.94. The van der Waals surface area contributed by atoms with Crippen molar-refractivity contribution in [2.75, 3.05) is 6.61 Å².